The number of aromatic nitrogens is 2. The Morgan fingerprint density at radius 3 is 2.83 bits per heavy atom. The molecule has 24 heavy (non-hydrogen) atoms. The second-order valence-corrected chi connectivity index (χ2v) is 8.16. The van der Waals surface area contributed by atoms with Gasteiger partial charge in [-0.25, -0.2) is 4.98 Å². The molecule has 2 heterocycles. The van der Waals surface area contributed by atoms with E-state index in [9.17, 15) is 4.79 Å². The smallest absolute Gasteiger partial charge is 0.260 e. The molecule has 0 fully saturated rings. The van der Waals surface area contributed by atoms with E-state index in [-0.39, 0.29) is 5.56 Å². The van der Waals surface area contributed by atoms with Crippen molar-refractivity contribution >= 4 is 56.5 Å². The van der Waals surface area contributed by atoms with E-state index < -0.39 is 0 Å². The average molecular weight is 401 g/mol. The standard InChI is InChI=1S/C16H14Cl2N2O2S2/c1-8-12(9-3-4-10(17)11(18)7-9)13-14(21)19-16(20-15(13)24-8)23-6-5-22-2/h3-4,7H,5-6H2,1-2H3,(H,19,20,21). The molecule has 0 saturated carbocycles. The van der Waals surface area contributed by atoms with Gasteiger partial charge in [0.1, 0.15) is 4.83 Å². The van der Waals surface area contributed by atoms with Crippen LogP contribution in [0.15, 0.2) is 28.2 Å². The van der Waals surface area contributed by atoms with Crippen LogP contribution >= 0.6 is 46.3 Å². The zero-order valence-corrected chi connectivity index (χ0v) is 16.1. The van der Waals surface area contributed by atoms with Crippen LogP contribution in [-0.2, 0) is 4.74 Å². The fourth-order valence-corrected chi connectivity index (χ4v) is 4.55. The van der Waals surface area contributed by atoms with Gasteiger partial charge in [-0.15, -0.1) is 11.3 Å². The highest BCUT2D eigenvalue weighted by Crippen LogP contribution is 2.38. The van der Waals surface area contributed by atoms with Gasteiger partial charge >= 0.3 is 0 Å². The number of nitrogens with one attached hydrogen (secondary N) is 1. The van der Waals surface area contributed by atoms with Crippen molar-refractivity contribution in [2.24, 2.45) is 0 Å². The number of aryl methyl sites for hydroxylation is 1. The van der Waals surface area contributed by atoms with Crippen molar-refractivity contribution in [1.82, 2.24) is 9.97 Å². The second-order valence-electron chi connectivity index (χ2n) is 5.05. The molecule has 0 atom stereocenters. The predicted molar refractivity (Wildman–Crippen MR) is 103 cm³/mol. The van der Waals surface area contributed by atoms with Crippen LogP contribution in [-0.4, -0.2) is 29.4 Å². The Hall–Kier alpha value is -1.05. The number of thiophene rings is 1. The van der Waals surface area contributed by atoms with Crippen molar-refractivity contribution in [2.75, 3.05) is 19.5 Å². The molecule has 0 unspecified atom stereocenters. The summed E-state index contributed by atoms with van der Waals surface area (Å²) in [6.07, 6.45) is 0. The fraction of sp³-hybridized carbons (Fsp3) is 0.250. The van der Waals surface area contributed by atoms with E-state index in [2.05, 4.69) is 9.97 Å². The molecular weight excluding hydrogens is 387 g/mol. The first-order valence-corrected chi connectivity index (χ1v) is 9.67. The molecule has 0 amide bonds. The predicted octanol–water partition coefficient (Wildman–Crippen LogP) is 5.01. The summed E-state index contributed by atoms with van der Waals surface area (Å²) in [6.45, 7) is 2.58. The molecular formula is C16H14Cl2N2O2S2. The Morgan fingerprint density at radius 1 is 1.33 bits per heavy atom. The van der Waals surface area contributed by atoms with Crippen LogP contribution in [0.2, 0.25) is 10.0 Å². The molecule has 8 heteroatoms. The largest absolute Gasteiger partial charge is 0.384 e. The summed E-state index contributed by atoms with van der Waals surface area (Å²) in [7, 11) is 1.64. The molecule has 0 saturated heterocycles. The summed E-state index contributed by atoms with van der Waals surface area (Å²) in [6, 6.07) is 5.38. The lowest BCUT2D eigenvalue weighted by atomic mass is 10.0. The number of hydrogen-bond acceptors (Lipinski definition) is 5. The van der Waals surface area contributed by atoms with E-state index in [0.29, 0.717) is 27.2 Å². The van der Waals surface area contributed by atoms with Gasteiger partial charge in [0, 0.05) is 23.3 Å². The number of halogens is 2. The van der Waals surface area contributed by atoms with Gasteiger partial charge in [0.2, 0.25) is 0 Å². The lowest BCUT2D eigenvalue weighted by molar-refractivity contribution is 0.218. The quantitative estimate of drug-likeness (QED) is 0.371. The van der Waals surface area contributed by atoms with Gasteiger partial charge in [-0.2, -0.15) is 0 Å². The van der Waals surface area contributed by atoms with Crippen molar-refractivity contribution in [3.63, 3.8) is 0 Å². The number of ether oxygens (including phenoxy) is 1. The van der Waals surface area contributed by atoms with E-state index in [1.54, 1.807) is 19.2 Å². The van der Waals surface area contributed by atoms with E-state index >= 15 is 0 Å². The number of thioether (sulfide) groups is 1. The Bertz CT molecular complexity index is 953. The first-order valence-electron chi connectivity index (χ1n) is 7.12. The van der Waals surface area contributed by atoms with Crippen LogP contribution in [0, 0.1) is 6.92 Å². The highest BCUT2D eigenvalue weighted by molar-refractivity contribution is 7.99. The summed E-state index contributed by atoms with van der Waals surface area (Å²) in [5, 5.41) is 2.14. The first kappa shape index (κ1) is 17.8. The SMILES string of the molecule is COCCSc1nc2sc(C)c(-c3ccc(Cl)c(Cl)c3)c2c(=O)[nH]1. The van der Waals surface area contributed by atoms with Crippen molar-refractivity contribution < 1.29 is 4.74 Å². The maximum absolute atomic E-state index is 12.6. The number of nitrogens with zero attached hydrogens (tertiary/aromatic N) is 1. The van der Waals surface area contributed by atoms with Crippen molar-refractivity contribution in [1.29, 1.82) is 0 Å². The highest BCUT2D eigenvalue weighted by atomic mass is 35.5. The Balaban J connectivity index is 2.11. The summed E-state index contributed by atoms with van der Waals surface area (Å²) in [4.78, 5) is 21.7. The van der Waals surface area contributed by atoms with Gasteiger partial charge in [-0.05, 0) is 24.6 Å². The number of fused-ring (bicyclic) bond motifs is 1. The number of benzene rings is 1. The molecule has 0 aliphatic rings. The highest BCUT2D eigenvalue weighted by Gasteiger charge is 2.17. The minimum Gasteiger partial charge on any atom is -0.384 e. The summed E-state index contributed by atoms with van der Waals surface area (Å²) < 4.78 is 5.02. The molecule has 0 aliphatic heterocycles. The summed E-state index contributed by atoms with van der Waals surface area (Å²) in [5.74, 6) is 0.731. The maximum atomic E-state index is 12.6. The second kappa shape index (κ2) is 7.45. The maximum Gasteiger partial charge on any atom is 0.260 e. The number of H-pyrrole nitrogens is 1. The molecule has 0 aliphatic carbocycles. The Morgan fingerprint density at radius 2 is 2.12 bits per heavy atom. The van der Waals surface area contributed by atoms with Gasteiger partial charge in [0.15, 0.2) is 5.16 Å². The molecule has 1 N–H and O–H groups in total. The topological polar surface area (TPSA) is 55.0 Å². The normalized spacial score (nSPS) is 11.3. The van der Waals surface area contributed by atoms with Crippen LogP contribution in [0.5, 0.6) is 0 Å². The summed E-state index contributed by atoms with van der Waals surface area (Å²) >= 11 is 15.1. The van der Waals surface area contributed by atoms with E-state index in [1.165, 1.54) is 23.1 Å². The van der Waals surface area contributed by atoms with E-state index in [0.717, 1.165) is 26.6 Å². The molecule has 3 rings (SSSR count). The number of rotatable bonds is 5. The van der Waals surface area contributed by atoms with E-state index in [4.69, 9.17) is 27.9 Å². The van der Waals surface area contributed by atoms with Crippen LogP contribution in [0.4, 0.5) is 0 Å². The summed E-state index contributed by atoms with van der Waals surface area (Å²) in [5.41, 5.74) is 1.57. The van der Waals surface area contributed by atoms with Gasteiger partial charge < -0.3 is 9.72 Å². The zero-order valence-electron chi connectivity index (χ0n) is 13.0. The molecule has 0 spiro atoms. The van der Waals surface area contributed by atoms with Crippen molar-refractivity contribution in [2.45, 2.75) is 12.1 Å². The van der Waals surface area contributed by atoms with Gasteiger partial charge in [-0.3, -0.25) is 4.79 Å². The van der Waals surface area contributed by atoms with Gasteiger partial charge in [0.25, 0.3) is 5.56 Å². The van der Waals surface area contributed by atoms with Gasteiger partial charge in [0.05, 0.1) is 22.0 Å². The van der Waals surface area contributed by atoms with Crippen LogP contribution in [0.1, 0.15) is 4.88 Å². The third-order valence-electron chi connectivity index (χ3n) is 3.45. The molecule has 3 aromatic rings. The van der Waals surface area contributed by atoms with Gasteiger partial charge in [-0.1, -0.05) is 41.0 Å². The molecule has 2 aromatic heterocycles. The average Bonchev–Trinajstić information content (AvgIpc) is 2.87. The minimum absolute atomic E-state index is 0.148. The Kier molecular flexibility index (Phi) is 5.52. The van der Waals surface area contributed by atoms with E-state index in [1.807, 2.05) is 13.0 Å². The zero-order chi connectivity index (χ0) is 17.3. The molecule has 0 bridgehead atoms. The number of hydrogen-bond donors (Lipinski definition) is 1. The molecule has 1 aromatic carbocycles. The van der Waals surface area contributed by atoms with Crippen molar-refractivity contribution in [3.8, 4) is 11.1 Å². The lowest BCUT2D eigenvalue weighted by Crippen LogP contribution is -2.09. The minimum atomic E-state index is -0.148. The lowest BCUT2D eigenvalue weighted by Gasteiger charge is -2.04. The number of methoxy groups -OCH3 is 1. The van der Waals surface area contributed by atoms with Crippen LogP contribution < -0.4 is 5.56 Å². The Labute approximate surface area is 157 Å². The van der Waals surface area contributed by atoms with Crippen molar-refractivity contribution in [3.05, 3.63) is 43.5 Å². The molecule has 4 nitrogen and oxygen atoms in total. The van der Waals surface area contributed by atoms with Crippen LogP contribution in [0.25, 0.3) is 21.3 Å². The molecule has 0 radical (unpaired) electrons. The fourth-order valence-electron chi connectivity index (χ4n) is 2.39. The monoisotopic (exact) mass is 400 g/mol. The third-order valence-corrected chi connectivity index (χ3v) is 6.03. The number of aromatic amines is 1. The molecule has 126 valence electrons. The first-order chi connectivity index (χ1) is 11.5. The third kappa shape index (κ3) is 3.48. The van der Waals surface area contributed by atoms with Crippen LogP contribution in [0.3, 0.4) is 0 Å².